The normalized spacial score (nSPS) is 11.4. The highest BCUT2D eigenvalue weighted by atomic mass is 32.5. The summed E-state index contributed by atoms with van der Waals surface area (Å²) in [5.41, 5.74) is 0.558. The highest BCUT2D eigenvalue weighted by Gasteiger charge is 2.03. The standard InChI is InChI=1S/C14H29N2O3PS/c1-13(2)14(17)15-11-9-7-5-3-4-6-8-10-12-16-20(18,19)21/h1,3-12H2,2H3,(H,15,17)(H3,16,18,19,21). The molecule has 1 amide bonds. The van der Waals surface area contributed by atoms with Gasteiger partial charge < -0.3 is 15.1 Å². The fraction of sp³-hybridized carbons (Fsp3) is 0.786. The molecule has 0 aromatic carbocycles. The summed E-state index contributed by atoms with van der Waals surface area (Å²) >= 11 is 4.47. The molecule has 0 unspecified atom stereocenters. The predicted molar refractivity (Wildman–Crippen MR) is 91.5 cm³/mol. The molecule has 0 radical (unpaired) electrons. The first-order valence-corrected chi connectivity index (χ1v) is 10.3. The summed E-state index contributed by atoms with van der Waals surface area (Å²) in [6, 6.07) is 0. The second kappa shape index (κ2) is 12.3. The van der Waals surface area contributed by atoms with Crippen LogP contribution >= 0.6 is 6.64 Å². The molecular formula is C14H29N2O3PS. The molecule has 21 heavy (non-hydrogen) atoms. The van der Waals surface area contributed by atoms with E-state index in [9.17, 15) is 4.79 Å². The molecule has 0 atom stereocenters. The molecule has 0 spiro atoms. The lowest BCUT2D eigenvalue weighted by atomic mass is 10.1. The Morgan fingerprint density at radius 2 is 1.43 bits per heavy atom. The van der Waals surface area contributed by atoms with Crippen molar-refractivity contribution in [1.82, 2.24) is 10.4 Å². The minimum atomic E-state index is -3.21. The molecule has 0 aliphatic carbocycles. The summed E-state index contributed by atoms with van der Waals surface area (Å²) < 4.78 is 0. The van der Waals surface area contributed by atoms with Crippen LogP contribution in [0.1, 0.15) is 58.3 Å². The van der Waals surface area contributed by atoms with Gasteiger partial charge in [0.2, 0.25) is 5.91 Å². The zero-order valence-electron chi connectivity index (χ0n) is 12.9. The maximum Gasteiger partial charge on any atom is 0.255 e. The SMILES string of the molecule is C=C(C)C(=O)NCCCCCCCCCCNP(O)(O)=S. The Kier molecular flexibility index (Phi) is 12.1. The first-order valence-electron chi connectivity index (χ1n) is 7.57. The van der Waals surface area contributed by atoms with Gasteiger partial charge in [-0.2, -0.15) is 0 Å². The Morgan fingerprint density at radius 1 is 1.00 bits per heavy atom. The van der Waals surface area contributed by atoms with Crippen molar-refractivity contribution in [2.24, 2.45) is 0 Å². The molecule has 0 bridgehead atoms. The van der Waals surface area contributed by atoms with E-state index in [-0.39, 0.29) is 5.91 Å². The molecule has 0 aromatic rings. The lowest BCUT2D eigenvalue weighted by molar-refractivity contribution is -0.117. The van der Waals surface area contributed by atoms with Crippen LogP contribution in [0.4, 0.5) is 0 Å². The number of hydrogen-bond donors (Lipinski definition) is 4. The Balaban J connectivity index is 3.18. The number of unbranched alkanes of at least 4 members (excludes halogenated alkanes) is 7. The average Bonchev–Trinajstić information content (AvgIpc) is 2.38. The van der Waals surface area contributed by atoms with Gasteiger partial charge in [0, 0.05) is 18.7 Å². The van der Waals surface area contributed by atoms with Crippen LogP contribution in [0.15, 0.2) is 12.2 Å². The van der Waals surface area contributed by atoms with Gasteiger partial charge >= 0.3 is 0 Å². The van der Waals surface area contributed by atoms with E-state index in [1.165, 1.54) is 19.3 Å². The molecular weight excluding hydrogens is 307 g/mol. The van der Waals surface area contributed by atoms with Crippen LogP contribution in [-0.2, 0) is 16.6 Å². The molecule has 7 heteroatoms. The van der Waals surface area contributed by atoms with Gasteiger partial charge in [-0.15, -0.1) is 0 Å². The average molecular weight is 336 g/mol. The molecule has 124 valence electrons. The van der Waals surface area contributed by atoms with Crippen LogP contribution in [0.2, 0.25) is 0 Å². The van der Waals surface area contributed by atoms with Gasteiger partial charge in [0.05, 0.1) is 0 Å². The fourth-order valence-electron chi connectivity index (χ4n) is 1.89. The van der Waals surface area contributed by atoms with Gasteiger partial charge in [0.1, 0.15) is 0 Å². The first kappa shape index (κ1) is 20.7. The van der Waals surface area contributed by atoms with Crippen molar-refractivity contribution >= 4 is 24.4 Å². The van der Waals surface area contributed by atoms with E-state index >= 15 is 0 Å². The maximum absolute atomic E-state index is 11.2. The summed E-state index contributed by atoms with van der Waals surface area (Å²) in [5, 5.41) is 5.39. The molecule has 0 saturated carbocycles. The van der Waals surface area contributed by atoms with E-state index in [4.69, 9.17) is 9.79 Å². The summed E-state index contributed by atoms with van der Waals surface area (Å²) in [6.45, 7) is 3.40. The maximum atomic E-state index is 11.2. The predicted octanol–water partition coefficient (Wildman–Crippen LogP) is 2.60. The summed E-state index contributed by atoms with van der Waals surface area (Å²) in [6.07, 6.45) is 8.91. The summed E-state index contributed by atoms with van der Waals surface area (Å²) in [4.78, 5) is 29.1. The molecule has 0 aliphatic heterocycles. The summed E-state index contributed by atoms with van der Waals surface area (Å²) in [5.74, 6) is -0.0556. The molecule has 0 saturated heterocycles. The molecule has 0 heterocycles. The highest BCUT2D eigenvalue weighted by molar-refractivity contribution is 8.08. The van der Waals surface area contributed by atoms with Crippen LogP contribution in [0.3, 0.4) is 0 Å². The molecule has 0 aromatic heterocycles. The minimum absolute atomic E-state index is 0.0556. The van der Waals surface area contributed by atoms with Crippen molar-refractivity contribution in [1.29, 1.82) is 0 Å². The van der Waals surface area contributed by atoms with E-state index in [2.05, 4.69) is 28.8 Å². The van der Waals surface area contributed by atoms with E-state index in [1.807, 2.05) is 0 Å². The third kappa shape index (κ3) is 15.9. The van der Waals surface area contributed by atoms with Crippen molar-refractivity contribution in [2.75, 3.05) is 13.1 Å². The first-order chi connectivity index (χ1) is 9.83. The monoisotopic (exact) mass is 336 g/mol. The zero-order chi connectivity index (χ0) is 16.1. The molecule has 0 rings (SSSR count). The van der Waals surface area contributed by atoms with E-state index < -0.39 is 6.64 Å². The highest BCUT2D eigenvalue weighted by Crippen LogP contribution is 2.28. The Labute approximate surface area is 133 Å². The van der Waals surface area contributed by atoms with Gasteiger partial charge in [0.15, 0.2) is 0 Å². The van der Waals surface area contributed by atoms with Gasteiger partial charge in [0.25, 0.3) is 6.64 Å². The number of carbonyl (C=O) groups excluding carboxylic acids is 1. The van der Waals surface area contributed by atoms with Gasteiger partial charge in [-0.3, -0.25) is 4.79 Å². The van der Waals surface area contributed by atoms with Gasteiger partial charge in [-0.05, 0) is 31.6 Å². The van der Waals surface area contributed by atoms with E-state index in [0.29, 0.717) is 12.1 Å². The third-order valence-electron chi connectivity index (χ3n) is 3.09. The van der Waals surface area contributed by atoms with Crippen molar-refractivity contribution in [3.8, 4) is 0 Å². The van der Waals surface area contributed by atoms with Crippen molar-refractivity contribution < 1.29 is 14.6 Å². The van der Waals surface area contributed by atoms with Crippen LogP contribution in [0, 0.1) is 0 Å². The quantitative estimate of drug-likeness (QED) is 0.236. The minimum Gasteiger partial charge on any atom is -0.352 e. The second-order valence-electron chi connectivity index (χ2n) is 5.32. The van der Waals surface area contributed by atoms with Crippen molar-refractivity contribution in [3.05, 3.63) is 12.2 Å². The number of hydrogen-bond acceptors (Lipinski definition) is 2. The molecule has 0 fully saturated rings. The Hall–Kier alpha value is -0.260. The Bertz CT molecular complexity index is 358. The number of amides is 1. The fourth-order valence-corrected chi connectivity index (χ4v) is 2.61. The summed E-state index contributed by atoms with van der Waals surface area (Å²) in [7, 11) is 0. The lowest BCUT2D eigenvalue weighted by Crippen LogP contribution is -2.24. The smallest absolute Gasteiger partial charge is 0.255 e. The number of carbonyl (C=O) groups is 1. The van der Waals surface area contributed by atoms with Crippen molar-refractivity contribution in [3.63, 3.8) is 0 Å². The number of nitrogens with one attached hydrogen (secondary N) is 2. The topological polar surface area (TPSA) is 81.6 Å². The van der Waals surface area contributed by atoms with Crippen LogP contribution in [0.25, 0.3) is 0 Å². The third-order valence-corrected chi connectivity index (χ3v) is 4.12. The zero-order valence-corrected chi connectivity index (χ0v) is 14.6. The number of rotatable bonds is 13. The second-order valence-corrected chi connectivity index (χ2v) is 8.25. The van der Waals surface area contributed by atoms with Crippen LogP contribution in [0.5, 0.6) is 0 Å². The molecule has 5 nitrogen and oxygen atoms in total. The van der Waals surface area contributed by atoms with Gasteiger partial charge in [-0.1, -0.05) is 45.1 Å². The van der Waals surface area contributed by atoms with Crippen LogP contribution < -0.4 is 10.4 Å². The van der Waals surface area contributed by atoms with Crippen molar-refractivity contribution in [2.45, 2.75) is 58.3 Å². The largest absolute Gasteiger partial charge is 0.352 e. The molecule has 4 N–H and O–H groups in total. The lowest BCUT2D eigenvalue weighted by Gasteiger charge is -2.08. The van der Waals surface area contributed by atoms with Gasteiger partial charge in [-0.25, -0.2) is 5.09 Å². The van der Waals surface area contributed by atoms with Crippen LogP contribution in [-0.4, -0.2) is 28.8 Å². The Morgan fingerprint density at radius 3 is 1.86 bits per heavy atom. The molecule has 0 aliphatic rings. The van der Waals surface area contributed by atoms with E-state index in [0.717, 1.165) is 38.6 Å². The van der Waals surface area contributed by atoms with E-state index in [1.54, 1.807) is 6.92 Å².